The molecule has 2 aromatic carbocycles. The Morgan fingerprint density at radius 2 is 1.76 bits per heavy atom. The number of hydrogen-bond donors (Lipinski definition) is 1. The van der Waals surface area contributed by atoms with E-state index in [1.54, 1.807) is 12.1 Å². The first-order chi connectivity index (χ1) is 12.1. The average molecular weight is 399 g/mol. The van der Waals surface area contributed by atoms with Crippen molar-refractivity contribution in [2.24, 2.45) is 0 Å². The maximum absolute atomic E-state index is 12.0. The number of carbonyl (C=O) groups is 2. The van der Waals surface area contributed by atoms with E-state index in [1.807, 2.05) is 48.5 Å². The SMILES string of the molecule is O=C(COC(=O)c1ccc2ccccc2n1)NCc1ccccc1Br. The molecule has 1 aromatic heterocycles. The van der Waals surface area contributed by atoms with Crippen LogP contribution in [0.3, 0.4) is 0 Å². The number of hydrogen-bond acceptors (Lipinski definition) is 4. The van der Waals surface area contributed by atoms with Gasteiger partial charge in [0.25, 0.3) is 5.91 Å². The molecule has 0 bridgehead atoms. The number of halogens is 1. The minimum absolute atomic E-state index is 0.178. The summed E-state index contributed by atoms with van der Waals surface area (Å²) >= 11 is 3.41. The average Bonchev–Trinajstić information content (AvgIpc) is 2.65. The van der Waals surface area contributed by atoms with Crippen molar-refractivity contribution in [3.63, 3.8) is 0 Å². The zero-order chi connectivity index (χ0) is 17.6. The van der Waals surface area contributed by atoms with E-state index in [4.69, 9.17) is 4.74 Å². The van der Waals surface area contributed by atoms with Crippen LogP contribution in [0.25, 0.3) is 10.9 Å². The Labute approximate surface area is 153 Å². The third-order valence-electron chi connectivity index (χ3n) is 3.58. The first-order valence-electron chi connectivity index (χ1n) is 7.66. The van der Waals surface area contributed by atoms with Gasteiger partial charge in [0.1, 0.15) is 5.69 Å². The van der Waals surface area contributed by atoms with Crippen LogP contribution in [-0.4, -0.2) is 23.5 Å². The summed E-state index contributed by atoms with van der Waals surface area (Å²) in [5, 5.41) is 3.65. The maximum Gasteiger partial charge on any atom is 0.357 e. The fourth-order valence-corrected chi connectivity index (χ4v) is 2.70. The second-order valence-corrected chi connectivity index (χ2v) is 6.19. The molecule has 0 saturated heterocycles. The van der Waals surface area contributed by atoms with E-state index in [0.717, 1.165) is 15.4 Å². The van der Waals surface area contributed by atoms with Gasteiger partial charge >= 0.3 is 5.97 Å². The van der Waals surface area contributed by atoms with Crippen molar-refractivity contribution in [1.29, 1.82) is 0 Å². The summed E-state index contributed by atoms with van der Waals surface area (Å²) in [4.78, 5) is 28.1. The minimum atomic E-state index is -0.623. The molecule has 0 fully saturated rings. The second kappa shape index (κ2) is 7.90. The number of pyridine rings is 1. The summed E-state index contributed by atoms with van der Waals surface area (Å²) in [6, 6.07) is 18.4. The van der Waals surface area contributed by atoms with Gasteiger partial charge in [0.2, 0.25) is 0 Å². The van der Waals surface area contributed by atoms with Crippen LogP contribution >= 0.6 is 15.9 Å². The molecule has 6 heteroatoms. The fourth-order valence-electron chi connectivity index (χ4n) is 2.27. The largest absolute Gasteiger partial charge is 0.451 e. The Morgan fingerprint density at radius 1 is 1.00 bits per heavy atom. The highest BCUT2D eigenvalue weighted by Gasteiger charge is 2.12. The minimum Gasteiger partial charge on any atom is -0.451 e. The molecule has 0 aliphatic rings. The zero-order valence-electron chi connectivity index (χ0n) is 13.2. The molecule has 5 nitrogen and oxygen atoms in total. The lowest BCUT2D eigenvalue weighted by molar-refractivity contribution is -0.124. The van der Waals surface area contributed by atoms with Crippen molar-refractivity contribution >= 4 is 38.7 Å². The molecule has 0 atom stereocenters. The van der Waals surface area contributed by atoms with Gasteiger partial charge in [-0.05, 0) is 23.8 Å². The van der Waals surface area contributed by atoms with E-state index in [9.17, 15) is 9.59 Å². The number of esters is 1. The van der Waals surface area contributed by atoms with E-state index in [2.05, 4.69) is 26.2 Å². The molecule has 0 saturated carbocycles. The van der Waals surface area contributed by atoms with Gasteiger partial charge in [0.05, 0.1) is 5.52 Å². The standard InChI is InChI=1S/C19H15BrN2O3/c20-15-7-3-1-6-14(15)11-21-18(23)12-25-19(24)17-10-9-13-5-2-4-8-16(13)22-17/h1-10H,11-12H2,(H,21,23). The van der Waals surface area contributed by atoms with Gasteiger partial charge in [-0.25, -0.2) is 9.78 Å². The second-order valence-electron chi connectivity index (χ2n) is 5.33. The van der Waals surface area contributed by atoms with Gasteiger partial charge in [0.15, 0.2) is 6.61 Å². The van der Waals surface area contributed by atoms with Crippen molar-refractivity contribution in [3.05, 3.63) is 76.4 Å². The molecule has 0 spiro atoms. The van der Waals surface area contributed by atoms with E-state index in [-0.39, 0.29) is 18.2 Å². The fraction of sp³-hybridized carbons (Fsp3) is 0.105. The lowest BCUT2D eigenvalue weighted by Gasteiger charge is -2.08. The lowest BCUT2D eigenvalue weighted by Crippen LogP contribution is -2.28. The van der Waals surface area contributed by atoms with Crippen molar-refractivity contribution in [2.45, 2.75) is 6.54 Å². The number of carbonyl (C=O) groups excluding carboxylic acids is 2. The Kier molecular flexibility index (Phi) is 5.40. The molecule has 1 N–H and O–H groups in total. The molecule has 0 aliphatic heterocycles. The number of fused-ring (bicyclic) bond motifs is 1. The molecule has 0 radical (unpaired) electrons. The van der Waals surface area contributed by atoms with Crippen molar-refractivity contribution in [1.82, 2.24) is 10.3 Å². The Balaban J connectivity index is 1.54. The van der Waals surface area contributed by atoms with Crippen LogP contribution in [0.5, 0.6) is 0 Å². The molecule has 25 heavy (non-hydrogen) atoms. The number of nitrogens with one attached hydrogen (secondary N) is 1. The predicted octanol–water partition coefficient (Wildman–Crippen LogP) is 3.47. The van der Waals surface area contributed by atoms with Gasteiger partial charge in [-0.15, -0.1) is 0 Å². The molecule has 0 aliphatic carbocycles. The van der Waals surface area contributed by atoms with Crippen molar-refractivity contribution < 1.29 is 14.3 Å². The van der Waals surface area contributed by atoms with E-state index < -0.39 is 5.97 Å². The quantitative estimate of drug-likeness (QED) is 0.668. The monoisotopic (exact) mass is 398 g/mol. The highest BCUT2D eigenvalue weighted by Crippen LogP contribution is 2.15. The molecule has 3 aromatic rings. The zero-order valence-corrected chi connectivity index (χ0v) is 14.8. The predicted molar refractivity (Wildman–Crippen MR) is 98.0 cm³/mol. The molecule has 126 valence electrons. The Hall–Kier alpha value is -2.73. The number of aromatic nitrogens is 1. The van der Waals surface area contributed by atoms with Crippen LogP contribution in [0, 0.1) is 0 Å². The molecular formula is C19H15BrN2O3. The number of nitrogens with zero attached hydrogens (tertiary/aromatic N) is 1. The summed E-state index contributed by atoms with van der Waals surface area (Å²) in [5.41, 5.74) is 1.83. The molecule has 0 unspecified atom stereocenters. The Morgan fingerprint density at radius 3 is 2.60 bits per heavy atom. The van der Waals surface area contributed by atoms with E-state index in [0.29, 0.717) is 12.1 Å². The number of ether oxygens (including phenoxy) is 1. The summed E-state index contributed by atoms with van der Waals surface area (Å²) in [6.45, 7) is 0.00379. The van der Waals surface area contributed by atoms with Crippen LogP contribution < -0.4 is 5.32 Å². The molecular weight excluding hydrogens is 384 g/mol. The lowest BCUT2D eigenvalue weighted by atomic mass is 10.2. The third-order valence-corrected chi connectivity index (χ3v) is 4.35. The number of amides is 1. The highest BCUT2D eigenvalue weighted by molar-refractivity contribution is 9.10. The van der Waals surface area contributed by atoms with E-state index >= 15 is 0 Å². The van der Waals surface area contributed by atoms with Crippen molar-refractivity contribution in [2.75, 3.05) is 6.61 Å². The number of benzene rings is 2. The summed E-state index contributed by atoms with van der Waals surface area (Å²) in [7, 11) is 0. The first kappa shape index (κ1) is 17.1. The van der Waals surface area contributed by atoms with Crippen LogP contribution in [0.1, 0.15) is 16.1 Å². The maximum atomic E-state index is 12.0. The van der Waals surface area contributed by atoms with E-state index in [1.165, 1.54) is 0 Å². The van der Waals surface area contributed by atoms with Gasteiger partial charge in [-0.2, -0.15) is 0 Å². The Bertz CT molecular complexity index is 927. The van der Waals surface area contributed by atoms with Gasteiger partial charge in [-0.3, -0.25) is 4.79 Å². The van der Waals surface area contributed by atoms with Crippen LogP contribution in [0.4, 0.5) is 0 Å². The summed E-state index contributed by atoms with van der Waals surface area (Å²) in [5.74, 6) is -0.994. The highest BCUT2D eigenvalue weighted by atomic mass is 79.9. The smallest absolute Gasteiger partial charge is 0.357 e. The molecule has 3 rings (SSSR count). The third kappa shape index (κ3) is 4.42. The van der Waals surface area contributed by atoms with Crippen LogP contribution in [-0.2, 0) is 16.1 Å². The topological polar surface area (TPSA) is 68.3 Å². The number of para-hydroxylation sites is 1. The molecule has 1 heterocycles. The number of rotatable bonds is 5. The first-order valence-corrected chi connectivity index (χ1v) is 8.46. The summed E-state index contributed by atoms with van der Waals surface area (Å²) < 4.78 is 5.94. The van der Waals surface area contributed by atoms with Crippen LogP contribution in [0.2, 0.25) is 0 Å². The van der Waals surface area contributed by atoms with Gasteiger partial charge < -0.3 is 10.1 Å². The summed E-state index contributed by atoms with van der Waals surface area (Å²) in [6.07, 6.45) is 0. The molecule has 1 amide bonds. The normalized spacial score (nSPS) is 10.4. The van der Waals surface area contributed by atoms with Gasteiger partial charge in [-0.1, -0.05) is 58.4 Å². The van der Waals surface area contributed by atoms with Gasteiger partial charge in [0, 0.05) is 16.4 Å². The van der Waals surface area contributed by atoms with Crippen LogP contribution in [0.15, 0.2) is 65.1 Å². The van der Waals surface area contributed by atoms with Crippen molar-refractivity contribution in [3.8, 4) is 0 Å².